The zero-order valence-corrected chi connectivity index (χ0v) is 12.4. The maximum atomic E-state index is 13.8. The molecule has 0 fully saturated rings. The Kier molecular flexibility index (Phi) is 6.10. The van der Waals surface area contributed by atoms with Crippen molar-refractivity contribution in [3.05, 3.63) is 29.6 Å². The molecular weight excluding hydrogens is 277 g/mol. The van der Waals surface area contributed by atoms with Gasteiger partial charge in [-0.3, -0.25) is 9.59 Å². The molecule has 2 amide bonds. The number of rotatable bonds is 6. The van der Waals surface area contributed by atoms with E-state index in [1.54, 1.807) is 14.1 Å². The molecule has 0 bridgehead atoms. The van der Waals surface area contributed by atoms with E-state index in [-0.39, 0.29) is 36.9 Å². The number of nitrogens with two attached hydrogens (primary N) is 1. The summed E-state index contributed by atoms with van der Waals surface area (Å²) in [6, 6.07) is 3.76. The van der Waals surface area contributed by atoms with Crippen LogP contribution in [-0.2, 0) is 9.53 Å². The second-order valence-electron chi connectivity index (χ2n) is 4.75. The van der Waals surface area contributed by atoms with Crippen LogP contribution in [0.4, 0.5) is 10.1 Å². The Morgan fingerprint density at radius 2 is 2.00 bits per heavy atom. The zero-order valence-electron chi connectivity index (χ0n) is 12.4. The van der Waals surface area contributed by atoms with Crippen molar-refractivity contribution in [2.45, 2.75) is 0 Å². The van der Waals surface area contributed by atoms with Gasteiger partial charge in [0.25, 0.3) is 5.91 Å². The number of halogens is 1. The van der Waals surface area contributed by atoms with Crippen molar-refractivity contribution in [1.82, 2.24) is 9.80 Å². The Bertz CT molecular complexity index is 520. The smallest absolute Gasteiger partial charge is 0.257 e. The van der Waals surface area contributed by atoms with Gasteiger partial charge >= 0.3 is 0 Å². The molecule has 2 N–H and O–H groups in total. The number of nitrogens with zero attached hydrogens (tertiary/aromatic N) is 2. The Balaban J connectivity index is 2.98. The molecule has 0 saturated carbocycles. The molecule has 1 rings (SSSR count). The van der Waals surface area contributed by atoms with Crippen LogP contribution in [0.5, 0.6) is 0 Å². The highest BCUT2D eigenvalue weighted by molar-refractivity contribution is 5.97. The van der Waals surface area contributed by atoms with E-state index in [1.165, 1.54) is 29.0 Å². The number of carbonyl (C=O) groups is 2. The van der Waals surface area contributed by atoms with Gasteiger partial charge in [-0.05, 0) is 18.2 Å². The number of carbonyl (C=O) groups excluding carboxylic acids is 2. The third kappa shape index (κ3) is 4.71. The van der Waals surface area contributed by atoms with Crippen LogP contribution in [0.1, 0.15) is 10.4 Å². The summed E-state index contributed by atoms with van der Waals surface area (Å²) < 4.78 is 18.7. The van der Waals surface area contributed by atoms with Gasteiger partial charge in [-0.15, -0.1) is 0 Å². The van der Waals surface area contributed by atoms with E-state index in [2.05, 4.69) is 0 Å². The van der Waals surface area contributed by atoms with Gasteiger partial charge in [-0.1, -0.05) is 0 Å². The lowest BCUT2D eigenvalue weighted by Crippen LogP contribution is -2.42. The molecule has 0 unspecified atom stereocenters. The number of anilines is 1. The van der Waals surface area contributed by atoms with E-state index in [0.29, 0.717) is 0 Å². The van der Waals surface area contributed by atoms with Crippen molar-refractivity contribution < 1.29 is 18.7 Å². The molecule has 0 spiro atoms. The van der Waals surface area contributed by atoms with Crippen molar-refractivity contribution in [1.29, 1.82) is 0 Å². The average Bonchev–Trinajstić information content (AvgIpc) is 2.44. The van der Waals surface area contributed by atoms with Crippen LogP contribution in [0.3, 0.4) is 0 Å². The molecule has 116 valence electrons. The maximum Gasteiger partial charge on any atom is 0.257 e. The molecule has 0 heterocycles. The fourth-order valence-corrected chi connectivity index (χ4v) is 1.64. The van der Waals surface area contributed by atoms with E-state index in [0.717, 1.165) is 6.07 Å². The number of hydrogen-bond acceptors (Lipinski definition) is 4. The predicted octanol–water partition coefficient (Wildman–Crippen LogP) is 0.585. The van der Waals surface area contributed by atoms with Crippen LogP contribution < -0.4 is 5.73 Å². The molecule has 1 aromatic rings. The van der Waals surface area contributed by atoms with Gasteiger partial charge in [0.15, 0.2) is 0 Å². The fraction of sp³-hybridized carbons (Fsp3) is 0.429. The van der Waals surface area contributed by atoms with Crippen molar-refractivity contribution in [3.63, 3.8) is 0 Å². The summed E-state index contributed by atoms with van der Waals surface area (Å²) in [5.41, 5.74) is 5.71. The summed E-state index contributed by atoms with van der Waals surface area (Å²) in [5.74, 6) is -1.52. The summed E-state index contributed by atoms with van der Waals surface area (Å²) in [7, 11) is 4.66. The van der Waals surface area contributed by atoms with Crippen LogP contribution in [0, 0.1) is 5.82 Å². The molecule has 0 aliphatic carbocycles. The monoisotopic (exact) mass is 297 g/mol. The van der Waals surface area contributed by atoms with Gasteiger partial charge in [0.1, 0.15) is 12.4 Å². The Labute approximate surface area is 123 Å². The topological polar surface area (TPSA) is 75.9 Å². The minimum atomic E-state index is -0.672. The minimum absolute atomic E-state index is 0.149. The molecule has 0 aliphatic heterocycles. The van der Waals surface area contributed by atoms with Crippen LogP contribution in [0.2, 0.25) is 0 Å². The molecule has 0 saturated heterocycles. The van der Waals surface area contributed by atoms with Crippen LogP contribution in [0.15, 0.2) is 18.2 Å². The normalized spacial score (nSPS) is 10.3. The number of amides is 2. The first-order chi connectivity index (χ1) is 9.86. The largest absolute Gasteiger partial charge is 0.399 e. The SMILES string of the molecule is COCCN(CC(=O)N(C)C)C(=O)c1cc(N)ccc1F. The van der Waals surface area contributed by atoms with Gasteiger partial charge in [0.2, 0.25) is 5.91 Å². The molecule has 7 heteroatoms. The third-order valence-electron chi connectivity index (χ3n) is 2.90. The lowest BCUT2D eigenvalue weighted by molar-refractivity contribution is -0.129. The number of ether oxygens (including phenoxy) is 1. The number of hydrogen-bond donors (Lipinski definition) is 1. The second kappa shape index (κ2) is 7.58. The van der Waals surface area contributed by atoms with Crippen molar-refractivity contribution in [3.8, 4) is 0 Å². The molecule has 21 heavy (non-hydrogen) atoms. The zero-order chi connectivity index (χ0) is 16.0. The van der Waals surface area contributed by atoms with Gasteiger partial charge < -0.3 is 20.3 Å². The Morgan fingerprint density at radius 1 is 1.33 bits per heavy atom. The molecule has 6 nitrogen and oxygen atoms in total. The predicted molar refractivity (Wildman–Crippen MR) is 77.3 cm³/mol. The summed E-state index contributed by atoms with van der Waals surface area (Å²) >= 11 is 0. The van der Waals surface area contributed by atoms with E-state index < -0.39 is 11.7 Å². The van der Waals surface area contributed by atoms with Crippen molar-refractivity contribution in [2.24, 2.45) is 0 Å². The first-order valence-corrected chi connectivity index (χ1v) is 6.40. The lowest BCUT2D eigenvalue weighted by atomic mass is 10.1. The highest BCUT2D eigenvalue weighted by atomic mass is 19.1. The van der Waals surface area contributed by atoms with Gasteiger partial charge in [-0.2, -0.15) is 0 Å². The van der Waals surface area contributed by atoms with Crippen LogP contribution in [0.25, 0.3) is 0 Å². The summed E-state index contributed by atoms with van der Waals surface area (Å²) in [5, 5.41) is 0. The van der Waals surface area contributed by atoms with Gasteiger partial charge in [-0.25, -0.2) is 4.39 Å². The Morgan fingerprint density at radius 3 is 2.57 bits per heavy atom. The highest BCUT2D eigenvalue weighted by Gasteiger charge is 2.22. The maximum absolute atomic E-state index is 13.8. The summed E-state index contributed by atoms with van der Waals surface area (Å²) in [4.78, 5) is 26.8. The van der Waals surface area contributed by atoms with E-state index >= 15 is 0 Å². The summed E-state index contributed by atoms with van der Waals surface area (Å²) in [6.07, 6.45) is 0. The molecule has 0 atom stereocenters. The Hall–Kier alpha value is -2.15. The third-order valence-corrected chi connectivity index (χ3v) is 2.90. The number of likely N-dealkylation sites (N-methyl/N-ethyl adjacent to an activating group) is 1. The van der Waals surface area contributed by atoms with Crippen LogP contribution >= 0.6 is 0 Å². The fourth-order valence-electron chi connectivity index (χ4n) is 1.64. The molecule has 0 aromatic heterocycles. The number of methoxy groups -OCH3 is 1. The van der Waals surface area contributed by atoms with E-state index in [1.807, 2.05) is 0 Å². The van der Waals surface area contributed by atoms with E-state index in [4.69, 9.17) is 10.5 Å². The molecular formula is C14H20FN3O3. The highest BCUT2D eigenvalue weighted by Crippen LogP contribution is 2.14. The van der Waals surface area contributed by atoms with Gasteiger partial charge in [0.05, 0.1) is 12.2 Å². The van der Waals surface area contributed by atoms with Gasteiger partial charge in [0, 0.05) is 33.4 Å². The quantitative estimate of drug-likeness (QED) is 0.780. The lowest BCUT2D eigenvalue weighted by Gasteiger charge is -2.24. The second-order valence-corrected chi connectivity index (χ2v) is 4.75. The van der Waals surface area contributed by atoms with Crippen LogP contribution in [-0.4, -0.2) is 62.5 Å². The molecule has 1 aromatic carbocycles. The molecule has 0 aliphatic rings. The molecule has 0 radical (unpaired) electrons. The standard InChI is InChI=1S/C14H20FN3O3/c1-17(2)13(19)9-18(6-7-21-3)14(20)11-8-10(16)4-5-12(11)15/h4-5,8H,6-7,9,16H2,1-3H3. The van der Waals surface area contributed by atoms with E-state index in [9.17, 15) is 14.0 Å². The first-order valence-electron chi connectivity index (χ1n) is 6.40. The number of benzene rings is 1. The van der Waals surface area contributed by atoms with Crippen molar-refractivity contribution in [2.75, 3.05) is 46.6 Å². The average molecular weight is 297 g/mol. The number of nitrogen functional groups attached to an aromatic ring is 1. The van der Waals surface area contributed by atoms with Crippen molar-refractivity contribution >= 4 is 17.5 Å². The minimum Gasteiger partial charge on any atom is -0.399 e. The first kappa shape index (κ1) is 16.9. The summed E-state index contributed by atoms with van der Waals surface area (Å²) in [6.45, 7) is 0.281.